The number of rotatable bonds is 3. The Kier molecular flexibility index (Phi) is 3.85. The fourth-order valence-corrected chi connectivity index (χ4v) is 2.23. The number of carbonyl (C=O) groups excluding carboxylic acids is 1. The summed E-state index contributed by atoms with van der Waals surface area (Å²) in [6.45, 7) is 0. The molecule has 2 rings (SSSR count). The topological polar surface area (TPSA) is 26.3 Å². The highest BCUT2D eigenvalue weighted by Gasteiger charge is 2.18. The van der Waals surface area contributed by atoms with Gasteiger partial charge in [-0.2, -0.15) is 0 Å². The Balaban J connectivity index is 2.33. The van der Waals surface area contributed by atoms with Gasteiger partial charge in [-0.15, -0.1) is 0 Å². The van der Waals surface area contributed by atoms with Crippen molar-refractivity contribution >= 4 is 17.4 Å². The number of halogens is 1. The van der Waals surface area contributed by atoms with Gasteiger partial charge in [-0.1, -0.05) is 17.7 Å². The second-order valence-electron chi connectivity index (χ2n) is 4.15. The van der Waals surface area contributed by atoms with Crippen molar-refractivity contribution in [1.82, 2.24) is 0 Å². The molecule has 0 radical (unpaired) electrons. The van der Waals surface area contributed by atoms with Crippen LogP contribution in [0.3, 0.4) is 0 Å². The minimum absolute atomic E-state index is 0.0678. The molecule has 3 heteroatoms. The van der Waals surface area contributed by atoms with Crippen LogP contribution in [0.2, 0.25) is 5.02 Å². The fourth-order valence-electron chi connectivity index (χ4n) is 2.07. The Morgan fingerprint density at radius 3 is 2.82 bits per heavy atom. The van der Waals surface area contributed by atoms with Gasteiger partial charge in [0.15, 0.2) is 5.78 Å². The average molecular weight is 251 g/mol. The van der Waals surface area contributed by atoms with Crippen molar-refractivity contribution in [2.75, 3.05) is 7.11 Å². The molecule has 1 aromatic rings. The van der Waals surface area contributed by atoms with Crippen LogP contribution in [0, 0.1) is 0 Å². The van der Waals surface area contributed by atoms with Gasteiger partial charge in [-0.25, -0.2) is 0 Å². The Labute approximate surface area is 106 Å². The van der Waals surface area contributed by atoms with Crippen LogP contribution < -0.4 is 4.74 Å². The number of benzene rings is 1. The van der Waals surface area contributed by atoms with E-state index in [0.717, 1.165) is 24.8 Å². The van der Waals surface area contributed by atoms with Crippen LogP contribution in [0.15, 0.2) is 29.8 Å². The standard InChI is InChI=1S/C14H15ClO2/c1-17-13-9-11(15)7-8-12(13)14(16)10-5-3-2-4-6-10/h5,7-9H,2-4,6H2,1H3. The summed E-state index contributed by atoms with van der Waals surface area (Å²) in [5.74, 6) is 0.618. The molecule has 0 spiro atoms. The second kappa shape index (κ2) is 5.37. The number of ketones is 1. The van der Waals surface area contributed by atoms with Gasteiger partial charge >= 0.3 is 0 Å². The molecular formula is C14H15ClO2. The van der Waals surface area contributed by atoms with Crippen LogP contribution in [0.5, 0.6) is 5.75 Å². The van der Waals surface area contributed by atoms with Gasteiger partial charge in [-0.3, -0.25) is 4.79 Å². The van der Waals surface area contributed by atoms with E-state index in [1.54, 1.807) is 25.3 Å². The molecule has 0 amide bonds. The van der Waals surface area contributed by atoms with Gasteiger partial charge in [0.25, 0.3) is 0 Å². The number of Topliss-reactive ketones (excluding diaryl/α,β-unsaturated/α-hetero) is 1. The van der Waals surface area contributed by atoms with Crippen molar-refractivity contribution in [2.45, 2.75) is 25.7 Å². The molecule has 0 saturated heterocycles. The molecule has 90 valence electrons. The second-order valence-corrected chi connectivity index (χ2v) is 4.59. The van der Waals surface area contributed by atoms with Gasteiger partial charge < -0.3 is 4.74 Å². The van der Waals surface area contributed by atoms with Crippen molar-refractivity contribution in [1.29, 1.82) is 0 Å². The van der Waals surface area contributed by atoms with Crippen molar-refractivity contribution < 1.29 is 9.53 Å². The quantitative estimate of drug-likeness (QED) is 0.757. The van der Waals surface area contributed by atoms with Crippen molar-refractivity contribution in [3.8, 4) is 5.75 Å². The first-order valence-electron chi connectivity index (χ1n) is 5.79. The van der Waals surface area contributed by atoms with Crippen LogP contribution in [0.25, 0.3) is 0 Å². The first-order chi connectivity index (χ1) is 8.22. The van der Waals surface area contributed by atoms with Crippen LogP contribution in [0.1, 0.15) is 36.0 Å². The molecule has 0 N–H and O–H groups in total. The minimum atomic E-state index is 0.0678. The molecular weight excluding hydrogens is 236 g/mol. The maximum absolute atomic E-state index is 12.3. The molecule has 0 aliphatic heterocycles. The summed E-state index contributed by atoms with van der Waals surface area (Å²) in [4.78, 5) is 12.3. The molecule has 17 heavy (non-hydrogen) atoms. The summed E-state index contributed by atoms with van der Waals surface area (Å²) in [7, 11) is 1.55. The minimum Gasteiger partial charge on any atom is -0.496 e. The SMILES string of the molecule is COc1cc(Cl)ccc1C(=O)C1=CCCCC1. The monoisotopic (exact) mass is 250 g/mol. The lowest BCUT2D eigenvalue weighted by molar-refractivity contribution is 0.102. The lowest BCUT2D eigenvalue weighted by atomic mass is 9.93. The molecule has 0 bridgehead atoms. The molecule has 2 nitrogen and oxygen atoms in total. The van der Waals surface area contributed by atoms with E-state index in [4.69, 9.17) is 16.3 Å². The average Bonchev–Trinajstić information content (AvgIpc) is 2.39. The fraction of sp³-hybridized carbons (Fsp3) is 0.357. The van der Waals surface area contributed by atoms with E-state index < -0.39 is 0 Å². The van der Waals surface area contributed by atoms with Gasteiger partial charge in [0.05, 0.1) is 12.7 Å². The lowest BCUT2D eigenvalue weighted by Gasteiger charge is -2.13. The summed E-state index contributed by atoms with van der Waals surface area (Å²) in [5.41, 5.74) is 1.50. The summed E-state index contributed by atoms with van der Waals surface area (Å²) in [6.07, 6.45) is 6.17. The van der Waals surface area contributed by atoms with Crippen LogP contribution in [-0.4, -0.2) is 12.9 Å². The Morgan fingerprint density at radius 2 is 2.18 bits per heavy atom. The van der Waals surface area contributed by atoms with E-state index in [0.29, 0.717) is 16.3 Å². The van der Waals surface area contributed by atoms with E-state index in [1.165, 1.54) is 6.42 Å². The maximum atomic E-state index is 12.3. The van der Waals surface area contributed by atoms with Gasteiger partial charge in [0.2, 0.25) is 0 Å². The Bertz CT molecular complexity index is 463. The summed E-state index contributed by atoms with van der Waals surface area (Å²) >= 11 is 5.88. The summed E-state index contributed by atoms with van der Waals surface area (Å²) in [5, 5.41) is 0.580. The molecule has 1 aliphatic carbocycles. The lowest BCUT2D eigenvalue weighted by Crippen LogP contribution is -2.08. The van der Waals surface area contributed by atoms with E-state index in [1.807, 2.05) is 6.08 Å². The van der Waals surface area contributed by atoms with Gasteiger partial charge in [0, 0.05) is 5.02 Å². The third-order valence-electron chi connectivity index (χ3n) is 2.99. The number of carbonyl (C=O) groups is 1. The van der Waals surface area contributed by atoms with Gasteiger partial charge in [0.1, 0.15) is 5.75 Å². The predicted octanol–water partition coefficient (Wildman–Crippen LogP) is 4.03. The molecule has 0 fully saturated rings. The normalized spacial score (nSPS) is 15.3. The highest BCUT2D eigenvalue weighted by molar-refractivity contribution is 6.31. The highest BCUT2D eigenvalue weighted by atomic mass is 35.5. The number of methoxy groups -OCH3 is 1. The molecule has 0 heterocycles. The predicted molar refractivity (Wildman–Crippen MR) is 68.9 cm³/mol. The van der Waals surface area contributed by atoms with Crippen LogP contribution in [-0.2, 0) is 0 Å². The molecule has 0 atom stereocenters. The van der Waals surface area contributed by atoms with Crippen molar-refractivity contribution in [3.63, 3.8) is 0 Å². The van der Waals surface area contributed by atoms with Crippen LogP contribution >= 0.6 is 11.6 Å². The molecule has 0 aromatic heterocycles. The third kappa shape index (κ3) is 2.70. The maximum Gasteiger partial charge on any atom is 0.192 e. The number of ether oxygens (including phenoxy) is 1. The molecule has 1 aliphatic rings. The number of hydrogen-bond donors (Lipinski definition) is 0. The largest absolute Gasteiger partial charge is 0.496 e. The molecule has 0 unspecified atom stereocenters. The van der Waals surface area contributed by atoms with E-state index in [-0.39, 0.29) is 5.78 Å². The first kappa shape index (κ1) is 12.2. The molecule has 1 aromatic carbocycles. The molecule has 0 saturated carbocycles. The van der Waals surface area contributed by atoms with E-state index >= 15 is 0 Å². The van der Waals surface area contributed by atoms with E-state index in [9.17, 15) is 4.79 Å². The zero-order chi connectivity index (χ0) is 12.3. The number of hydrogen-bond acceptors (Lipinski definition) is 2. The van der Waals surface area contributed by atoms with Gasteiger partial charge in [-0.05, 0) is 49.5 Å². The van der Waals surface area contributed by atoms with Crippen molar-refractivity contribution in [2.24, 2.45) is 0 Å². The third-order valence-corrected chi connectivity index (χ3v) is 3.23. The van der Waals surface area contributed by atoms with E-state index in [2.05, 4.69) is 0 Å². The Hall–Kier alpha value is -1.28. The zero-order valence-electron chi connectivity index (χ0n) is 9.83. The first-order valence-corrected chi connectivity index (χ1v) is 6.17. The van der Waals surface area contributed by atoms with Crippen molar-refractivity contribution in [3.05, 3.63) is 40.4 Å². The Morgan fingerprint density at radius 1 is 1.35 bits per heavy atom. The number of allylic oxidation sites excluding steroid dienone is 2. The highest BCUT2D eigenvalue weighted by Crippen LogP contribution is 2.28. The summed E-state index contributed by atoms with van der Waals surface area (Å²) in [6, 6.07) is 5.14. The smallest absolute Gasteiger partial charge is 0.192 e. The summed E-state index contributed by atoms with van der Waals surface area (Å²) < 4.78 is 5.21. The van der Waals surface area contributed by atoms with Crippen LogP contribution in [0.4, 0.5) is 0 Å². The zero-order valence-corrected chi connectivity index (χ0v) is 10.6.